The summed E-state index contributed by atoms with van der Waals surface area (Å²) in [6, 6.07) is 17.1. The second-order valence-corrected chi connectivity index (χ2v) is 12.6. The quantitative estimate of drug-likeness (QED) is 0.167. The lowest BCUT2D eigenvalue weighted by Crippen LogP contribution is -2.36. The molecule has 2 aliphatic heterocycles. The van der Waals surface area contributed by atoms with Crippen LogP contribution in [0.5, 0.6) is 0 Å². The van der Waals surface area contributed by atoms with Gasteiger partial charge in [-0.05, 0) is 70.9 Å². The van der Waals surface area contributed by atoms with E-state index in [0.29, 0.717) is 35.3 Å². The summed E-state index contributed by atoms with van der Waals surface area (Å²) < 4.78 is 17.1. The maximum atomic E-state index is 13.0. The Kier molecular flexibility index (Phi) is 10.2. The molecule has 5 rings (SSSR count). The number of likely N-dealkylation sites (tertiary alicyclic amines) is 1. The fraction of sp³-hybridized carbons (Fsp3) is 0.429. The summed E-state index contributed by atoms with van der Waals surface area (Å²) in [4.78, 5) is 38.8. The van der Waals surface area contributed by atoms with Crippen molar-refractivity contribution in [3.63, 3.8) is 0 Å². The number of para-hydroxylation sites is 1. The second kappa shape index (κ2) is 14.5. The van der Waals surface area contributed by atoms with Gasteiger partial charge in [0, 0.05) is 55.0 Å². The first-order chi connectivity index (χ1) is 22.5. The second-order valence-electron chi connectivity index (χ2n) is 12.6. The lowest BCUT2D eigenvalue weighted by atomic mass is 9.98. The number of amides is 1. The zero-order valence-corrected chi connectivity index (χ0v) is 27.3. The van der Waals surface area contributed by atoms with Gasteiger partial charge in [0.15, 0.2) is 5.69 Å². The summed E-state index contributed by atoms with van der Waals surface area (Å²) in [5.74, 6) is 0.321. The number of piperidine rings is 1. The van der Waals surface area contributed by atoms with Crippen LogP contribution in [0, 0.1) is 22.7 Å². The highest BCUT2D eigenvalue weighted by molar-refractivity contribution is 6.05. The van der Waals surface area contributed by atoms with Gasteiger partial charge in [0.05, 0.1) is 24.8 Å². The molecule has 4 heterocycles. The topological polar surface area (TPSA) is 154 Å². The Labute approximate surface area is 275 Å². The number of ether oxygens (including phenoxy) is 3. The molecule has 12 nitrogen and oxygen atoms in total. The van der Waals surface area contributed by atoms with Crippen molar-refractivity contribution in [2.75, 3.05) is 43.0 Å². The number of nitrogens with one attached hydrogen (secondary N) is 2. The smallest absolute Gasteiger partial charge is 0.410 e. The van der Waals surface area contributed by atoms with Gasteiger partial charge in [0.25, 0.3) is 0 Å². The number of carbonyl (C=O) groups is 2. The van der Waals surface area contributed by atoms with Crippen LogP contribution >= 0.6 is 0 Å². The molecule has 1 amide bonds. The van der Waals surface area contributed by atoms with E-state index in [2.05, 4.69) is 21.3 Å². The number of rotatable bonds is 8. The predicted molar refractivity (Wildman–Crippen MR) is 178 cm³/mol. The van der Waals surface area contributed by atoms with E-state index in [0.717, 1.165) is 31.7 Å². The van der Waals surface area contributed by atoms with E-state index >= 15 is 0 Å². The molecular weight excluding hydrogens is 598 g/mol. The van der Waals surface area contributed by atoms with Gasteiger partial charge < -0.3 is 29.3 Å². The number of nitrogens with zero attached hydrogens (tertiary/aromatic N) is 5. The van der Waals surface area contributed by atoms with Crippen LogP contribution in [-0.4, -0.2) is 77.3 Å². The van der Waals surface area contributed by atoms with Crippen LogP contribution in [0.1, 0.15) is 63.0 Å². The first kappa shape index (κ1) is 33.2. The van der Waals surface area contributed by atoms with Gasteiger partial charge in [-0.2, -0.15) is 5.26 Å². The van der Waals surface area contributed by atoms with Crippen molar-refractivity contribution in [3.05, 3.63) is 66.0 Å². The highest BCUT2D eigenvalue weighted by Crippen LogP contribution is 2.34. The van der Waals surface area contributed by atoms with E-state index < -0.39 is 23.8 Å². The molecule has 12 heteroatoms. The van der Waals surface area contributed by atoms with Crippen molar-refractivity contribution in [2.24, 2.45) is 5.92 Å². The molecule has 2 N–H and O–H groups in total. The molecule has 1 atom stereocenters. The van der Waals surface area contributed by atoms with Gasteiger partial charge in [0.1, 0.15) is 23.3 Å². The van der Waals surface area contributed by atoms with Crippen LogP contribution in [0.25, 0.3) is 11.1 Å². The van der Waals surface area contributed by atoms with Gasteiger partial charge in [-0.3, -0.25) is 5.41 Å². The van der Waals surface area contributed by atoms with E-state index in [-0.39, 0.29) is 36.5 Å². The Morgan fingerprint density at radius 1 is 1.09 bits per heavy atom. The Morgan fingerprint density at radius 3 is 2.47 bits per heavy atom. The van der Waals surface area contributed by atoms with Crippen LogP contribution < -0.4 is 10.2 Å². The number of benzene rings is 1. The fourth-order valence-corrected chi connectivity index (χ4v) is 5.57. The number of esters is 1. The Morgan fingerprint density at radius 2 is 1.83 bits per heavy atom. The number of aromatic nitrogens is 2. The summed E-state index contributed by atoms with van der Waals surface area (Å²) >= 11 is 0. The molecule has 2 saturated heterocycles. The van der Waals surface area contributed by atoms with Crippen LogP contribution in [0.4, 0.5) is 22.1 Å². The molecule has 0 aliphatic carbocycles. The summed E-state index contributed by atoms with van der Waals surface area (Å²) in [6.45, 7) is 9.53. The zero-order valence-electron chi connectivity index (χ0n) is 27.3. The van der Waals surface area contributed by atoms with E-state index in [1.807, 2.05) is 63.2 Å². The number of pyridine rings is 2. The summed E-state index contributed by atoms with van der Waals surface area (Å²) in [5, 5.41) is 21.8. The molecule has 3 aromatic rings. The van der Waals surface area contributed by atoms with E-state index in [9.17, 15) is 20.3 Å². The van der Waals surface area contributed by atoms with Gasteiger partial charge in [-0.1, -0.05) is 18.2 Å². The largest absolute Gasteiger partial charge is 0.472 e. The van der Waals surface area contributed by atoms with Crippen LogP contribution in [0.3, 0.4) is 0 Å². The van der Waals surface area contributed by atoms with Gasteiger partial charge >= 0.3 is 12.1 Å². The molecule has 0 saturated carbocycles. The van der Waals surface area contributed by atoms with E-state index in [4.69, 9.17) is 19.2 Å². The normalized spacial score (nSPS) is 16.7. The van der Waals surface area contributed by atoms with Crippen LogP contribution in [0.15, 0.2) is 54.7 Å². The molecule has 2 aromatic heterocycles. The standard InChI is InChI=1S/C35H41N7O5/c1-5-45-33(43)28-19-27(24-11-12-29(38-21-24)41-16-13-23(20-36)14-17-41)30(32(40-28)39-25-9-7-6-8-10-25)31(37)46-26-15-18-42(22-26)34(44)47-35(2,3)4/h6-12,19,21,23,26,37H,5,13-18,22H2,1-4H3,(H,39,40). The summed E-state index contributed by atoms with van der Waals surface area (Å²) in [5.41, 5.74) is 1.63. The Balaban J connectivity index is 1.50. The van der Waals surface area contributed by atoms with Crippen LogP contribution in [-0.2, 0) is 14.2 Å². The average Bonchev–Trinajstić information content (AvgIpc) is 3.53. The molecule has 246 valence electrons. The lowest BCUT2D eigenvalue weighted by Gasteiger charge is -2.30. The summed E-state index contributed by atoms with van der Waals surface area (Å²) in [6.07, 6.45) is 2.92. The van der Waals surface area contributed by atoms with Gasteiger partial charge in [-0.25, -0.2) is 19.6 Å². The minimum Gasteiger partial charge on any atom is -0.472 e. The number of hydrogen-bond donors (Lipinski definition) is 2. The Bertz CT molecular complexity index is 1620. The number of nitriles is 1. The highest BCUT2D eigenvalue weighted by Gasteiger charge is 2.33. The highest BCUT2D eigenvalue weighted by atomic mass is 16.6. The van der Waals surface area contributed by atoms with Crippen molar-refractivity contribution >= 4 is 35.3 Å². The molecule has 47 heavy (non-hydrogen) atoms. The Hall–Kier alpha value is -5.18. The third-order valence-electron chi connectivity index (χ3n) is 7.91. The third-order valence-corrected chi connectivity index (χ3v) is 7.91. The van der Waals surface area contributed by atoms with Crippen molar-refractivity contribution in [2.45, 2.75) is 58.7 Å². The molecule has 1 unspecified atom stereocenters. The first-order valence-electron chi connectivity index (χ1n) is 15.9. The molecule has 2 fully saturated rings. The lowest BCUT2D eigenvalue weighted by molar-refractivity contribution is 0.0273. The van der Waals surface area contributed by atoms with Crippen molar-refractivity contribution in [1.29, 1.82) is 10.7 Å². The minimum atomic E-state index is -0.626. The number of hydrogen-bond acceptors (Lipinski definition) is 11. The summed E-state index contributed by atoms with van der Waals surface area (Å²) in [7, 11) is 0. The maximum Gasteiger partial charge on any atom is 0.410 e. The fourth-order valence-electron chi connectivity index (χ4n) is 5.57. The van der Waals surface area contributed by atoms with Crippen molar-refractivity contribution < 1.29 is 23.8 Å². The van der Waals surface area contributed by atoms with E-state index in [1.54, 1.807) is 24.1 Å². The number of carbonyl (C=O) groups excluding carboxylic acids is 2. The molecule has 2 aliphatic rings. The zero-order chi connectivity index (χ0) is 33.6. The predicted octanol–water partition coefficient (Wildman–Crippen LogP) is 6.16. The molecular formula is C35H41N7O5. The monoisotopic (exact) mass is 639 g/mol. The van der Waals surface area contributed by atoms with Crippen molar-refractivity contribution in [3.8, 4) is 17.2 Å². The molecule has 0 bridgehead atoms. The SMILES string of the molecule is CCOC(=O)c1cc(-c2ccc(N3CCC(C#N)CC3)nc2)c(C(=N)OC2CCN(C(=O)OC(C)(C)C)C2)c(Nc2ccccc2)n1. The van der Waals surface area contributed by atoms with Crippen LogP contribution in [0.2, 0.25) is 0 Å². The van der Waals surface area contributed by atoms with Gasteiger partial charge in [-0.15, -0.1) is 0 Å². The first-order valence-corrected chi connectivity index (χ1v) is 15.9. The third kappa shape index (κ3) is 8.35. The maximum absolute atomic E-state index is 13.0. The van der Waals surface area contributed by atoms with Gasteiger partial charge in [0.2, 0.25) is 5.90 Å². The minimum absolute atomic E-state index is 0.0591. The molecule has 1 aromatic carbocycles. The average molecular weight is 640 g/mol. The van der Waals surface area contributed by atoms with Crippen molar-refractivity contribution in [1.82, 2.24) is 14.9 Å². The molecule has 0 radical (unpaired) electrons. The van der Waals surface area contributed by atoms with E-state index in [1.165, 1.54) is 0 Å². The molecule has 0 spiro atoms. The number of anilines is 3.